The van der Waals surface area contributed by atoms with E-state index in [1.165, 1.54) is 6.21 Å². The molecule has 1 heterocycles. The van der Waals surface area contributed by atoms with Gasteiger partial charge in [-0.05, 0) is 0 Å². The summed E-state index contributed by atoms with van der Waals surface area (Å²) in [6, 6.07) is 0. The molecule has 0 spiro atoms. The number of hydrogen-bond donors (Lipinski definition) is 6. The van der Waals surface area contributed by atoms with Crippen LogP contribution in [0.25, 0.3) is 0 Å². The van der Waals surface area contributed by atoms with E-state index in [0.717, 1.165) is 0 Å². The van der Waals surface area contributed by atoms with E-state index in [2.05, 4.69) is 20.3 Å². The van der Waals surface area contributed by atoms with Gasteiger partial charge in [-0.3, -0.25) is 14.6 Å². The average Bonchev–Trinajstić information content (AvgIpc) is 2.41. The average molecular weight is 285 g/mol. The first-order valence-electron chi connectivity index (χ1n) is 5.59. The number of hydrogen-bond acceptors (Lipinski definition) is 8. The zero-order valence-corrected chi connectivity index (χ0v) is 10.4. The number of carbonyl (C=O) groups is 1. The lowest BCUT2D eigenvalue weighted by Crippen LogP contribution is -2.29. The van der Waals surface area contributed by atoms with Crippen LogP contribution < -0.4 is 16.6 Å². The number of rotatable bonds is 7. The lowest BCUT2D eigenvalue weighted by molar-refractivity contribution is -0.105. The molecule has 0 aromatic carbocycles. The van der Waals surface area contributed by atoms with E-state index < -0.39 is 24.4 Å². The van der Waals surface area contributed by atoms with E-state index in [0.29, 0.717) is 0 Å². The summed E-state index contributed by atoms with van der Waals surface area (Å²) < 4.78 is 0. The van der Waals surface area contributed by atoms with Crippen molar-refractivity contribution < 1.29 is 20.1 Å². The molecule has 2 atom stereocenters. The van der Waals surface area contributed by atoms with Gasteiger partial charge in [0.25, 0.3) is 5.56 Å². The van der Waals surface area contributed by atoms with Crippen LogP contribution in [0.1, 0.15) is 6.42 Å². The maximum atomic E-state index is 11.5. The van der Waals surface area contributed by atoms with Crippen molar-refractivity contribution in [3.8, 4) is 0 Å². The van der Waals surface area contributed by atoms with Crippen LogP contribution in [0.5, 0.6) is 0 Å². The second-order valence-electron chi connectivity index (χ2n) is 3.78. The van der Waals surface area contributed by atoms with Crippen molar-refractivity contribution in [1.29, 1.82) is 0 Å². The fourth-order valence-corrected chi connectivity index (χ4v) is 1.29. The van der Waals surface area contributed by atoms with E-state index in [1.807, 2.05) is 0 Å². The lowest BCUT2D eigenvalue weighted by Gasteiger charge is -2.12. The van der Waals surface area contributed by atoms with Gasteiger partial charge in [0, 0.05) is 12.6 Å². The van der Waals surface area contributed by atoms with Crippen LogP contribution in [0.15, 0.2) is 9.79 Å². The monoisotopic (exact) mass is 285 g/mol. The standard InChI is InChI=1S/C10H15N5O5/c11-10-14-8(7(13-4-17)9(20)15-10)12-2-1-5(18)6(19)3-16/h2,4-6,16,18-19H,1,3H2,(H,13,17)(H3,11,14,15,20)/b12-2+/t5-,6-/m1/s1. The number of carbonyl (C=O) groups excluding carboxylic acids is 1. The molecule has 0 unspecified atom stereocenters. The van der Waals surface area contributed by atoms with Gasteiger partial charge in [0.2, 0.25) is 12.4 Å². The van der Waals surface area contributed by atoms with E-state index >= 15 is 0 Å². The Hall–Kier alpha value is -2.30. The molecule has 1 amide bonds. The van der Waals surface area contributed by atoms with Crippen LogP contribution in [0.2, 0.25) is 0 Å². The molecule has 0 fully saturated rings. The van der Waals surface area contributed by atoms with Crippen LogP contribution >= 0.6 is 0 Å². The third-order valence-electron chi connectivity index (χ3n) is 2.31. The first kappa shape index (κ1) is 15.8. The van der Waals surface area contributed by atoms with E-state index in [9.17, 15) is 14.7 Å². The summed E-state index contributed by atoms with van der Waals surface area (Å²) in [5, 5.41) is 29.3. The third-order valence-corrected chi connectivity index (χ3v) is 2.31. The number of aliphatic hydroxyl groups is 3. The molecule has 1 aromatic heterocycles. The van der Waals surface area contributed by atoms with Crippen molar-refractivity contribution in [3.05, 3.63) is 10.4 Å². The predicted octanol–water partition coefficient (Wildman–Crippen LogP) is -2.27. The van der Waals surface area contributed by atoms with Crippen LogP contribution in [-0.2, 0) is 4.79 Å². The van der Waals surface area contributed by atoms with Gasteiger partial charge in [-0.25, -0.2) is 4.99 Å². The maximum absolute atomic E-state index is 11.5. The Labute approximate surface area is 113 Å². The highest BCUT2D eigenvalue weighted by Gasteiger charge is 2.14. The molecule has 7 N–H and O–H groups in total. The van der Waals surface area contributed by atoms with Gasteiger partial charge in [0.05, 0.1) is 12.7 Å². The fourth-order valence-electron chi connectivity index (χ4n) is 1.29. The van der Waals surface area contributed by atoms with Crippen molar-refractivity contribution >= 4 is 30.1 Å². The first-order chi connectivity index (χ1) is 9.49. The zero-order chi connectivity index (χ0) is 15.1. The minimum atomic E-state index is -1.30. The summed E-state index contributed by atoms with van der Waals surface area (Å²) in [6.45, 7) is -0.594. The number of nitrogens with zero attached hydrogens (tertiary/aromatic N) is 2. The smallest absolute Gasteiger partial charge is 0.278 e. The number of nitrogens with one attached hydrogen (secondary N) is 2. The predicted molar refractivity (Wildman–Crippen MR) is 70.8 cm³/mol. The molecular formula is C10H15N5O5. The number of nitrogens with two attached hydrogens (primary N) is 1. The molecule has 0 saturated carbocycles. The number of nitrogen functional groups attached to an aromatic ring is 1. The largest absolute Gasteiger partial charge is 0.394 e. The molecular weight excluding hydrogens is 270 g/mol. The molecule has 0 saturated heterocycles. The highest BCUT2D eigenvalue weighted by Crippen LogP contribution is 2.17. The highest BCUT2D eigenvalue weighted by atomic mass is 16.4. The first-order valence-corrected chi connectivity index (χ1v) is 5.59. The summed E-state index contributed by atoms with van der Waals surface area (Å²) in [7, 11) is 0. The summed E-state index contributed by atoms with van der Waals surface area (Å²) in [5.74, 6) is -0.321. The molecule has 0 aliphatic heterocycles. The zero-order valence-electron chi connectivity index (χ0n) is 10.4. The minimum absolute atomic E-state index is 0.0867. The van der Waals surface area contributed by atoms with E-state index in [-0.39, 0.29) is 30.3 Å². The second-order valence-corrected chi connectivity index (χ2v) is 3.78. The number of anilines is 2. The van der Waals surface area contributed by atoms with Crippen molar-refractivity contribution in [2.45, 2.75) is 18.6 Å². The molecule has 0 bridgehead atoms. The summed E-state index contributed by atoms with van der Waals surface area (Å²) in [5.41, 5.74) is 4.48. The number of aliphatic imine (C=N–C) groups is 1. The highest BCUT2D eigenvalue weighted by molar-refractivity contribution is 5.79. The molecule has 1 rings (SSSR count). The summed E-state index contributed by atoms with van der Waals surface area (Å²) in [6.07, 6.45) is -1.14. The molecule has 20 heavy (non-hydrogen) atoms. The normalized spacial score (nSPS) is 14.2. The Morgan fingerprint density at radius 1 is 1.45 bits per heavy atom. The number of H-pyrrole nitrogens is 1. The Bertz CT molecular complexity index is 543. The van der Waals surface area contributed by atoms with Crippen LogP contribution in [-0.4, -0.2) is 56.7 Å². The summed E-state index contributed by atoms with van der Waals surface area (Å²) in [4.78, 5) is 31.6. The Morgan fingerprint density at radius 3 is 2.75 bits per heavy atom. The molecule has 10 nitrogen and oxygen atoms in total. The van der Waals surface area contributed by atoms with E-state index in [1.54, 1.807) is 0 Å². The minimum Gasteiger partial charge on any atom is -0.394 e. The fraction of sp³-hybridized carbons (Fsp3) is 0.400. The van der Waals surface area contributed by atoms with Crippen LogP contribution in [0.4, 0.5) is 17.5 Å². The van der Waals surface area contributed by atoms with Gasteiger partial charge < -0.3 is 26.4 Å². The maximum Gasteiger partial charge on any atom is 0.278 e. The molecule has 0 aliphatic carbocycles. The Kier molecular flexibility index (Phi) is 5.77. The van der Waals surface area contributed by atoms with Crippen molar-refractivity contribution in [3.63, 3.8) is 0 Å². The van der Waals surface area contributed by atoms with Gasteiger partial charge in [-0.15, -0.1) is 0 Å². The Morgan fingerprint density at radius 2 is 2.15 bits per heavy atom. The van der Waals surface area contributed by atoms with Gasteiger partial charge in [-0.1, -0.05) is 0 Å². The number of aromatic nitrogens is 2. The summed E-state index contributed by atoms with van der Waals surface area (Å²) >= 11 is 0. The second kappa shape index (κ2) is 7.33. The van der Waals surface area contributed by atoms with Crippen LogP contribution in [0, 0.1) is 0 Å². The molecule has 1 aromatic rings. The molecule has 10 heteroatoms. The lowest BCUT2D eigenvalue weighted by atomic mass is 10.1. The van der Waals surface area contributed by atoms with Crippen molar-refractivity contribution in [1.82, 2.24) is 9.97 Å². The van der Waals surface area contributed by atoms with Gasteiger partial charge >= 0.3 is 0 Å². The van der Waals surface area contributed by atoms with Crippen molar-refractivity contribution in [2.75, 3.05) is 17.7 Å². The van der Waals surface area contributed by atoms with E-state index in [4.69, 9.17) is 15.9 Å². The molecule has 0 aliphatic rings. The van der Waals surface area contributed by atoms with Gasteiger partial charge in [0.15, 0.2) is 11.5 Å². The third kappa shape index (κ3) is 4.12. The number of aliphatic hydroxyl groups excluding tert-OH is 3. The van der Waals surface area contributed by atoms with Gasteiger partial charge in [0.1, 0.15) is 6.10 Å². The van der Waals surface area contributed by atoms with Crippen LogP contribution in [0.3, 0.4) is 0 Å². The van der Waals surface area contributed by atoms with Gasteiger partial charge in [-0.2, -0.15) is 4.98 Å². The quantitative estimate of drug-likeness (QED) is 0.242. The number of aromatic amines is 1. The van der Waals surface area contributed by atoms with Crippen molar-refractivity contribution in [2.24, 2.45) is 4.99 Å². The molecule has 0 radical (unpaired) electrons. The topological polar surface area (TPSA) is 174 Å². The molecule has 110 valence electrons. The Balaban J connectivity index is 2.91. The number of amides is 1. The SMILES string of the molecule is Nc1nc(/N=C/C[C@@H](O)[C@H](O)CO)c(NC=O)c(=O)[nH]1.